The van der Waals surface area contributed by atoms with E-state index in [-0.39, 0.29) is 37.7 Å². The zero-order valence-electron chi connectivity index (χ0n) is 22.1. The number of anilines is 1. The lowest BCUT2D eigenvalue weighted by Gasteiger charge is -2.26. The van der Waals surface area contributed by atoms with Crippen LogP contribution >= 0.6 is 0 Å². The van der Waals surface area contributed by atoms with Gasteiger partial charge in [0, 0.05) is 61.8 Å². The summed E-state index contributed by atoms with van der Waals surface area (Å²) in [6.45, 7) is 2.70. The quantitative estimate of drug-likeness (QED) is 0.398. The van der Waals surface area contributed by atoms with Gasteiger partial charge in [0.15, 0.2) is 0 Å². The van der Waals surface area contributed by atoms with Crippen molar-refractivity contribution in [2.24, 2.45) is 0 Å². The first-order valence-electron chi connectivity index (χ1n) is 13.1. The molecule has 3 aromatic rings. The van der Waals surface area contributed by atoms with Crippen molar-refractivity contribution in [3.05, 3.63) is 59.0 Å². The fourth-order valence-corrected chi connectivity index (χ4v) is 6.17. The number of alkyl halides is 3. The van der Waals surface area contributed by atoms with Gasteiger partial charge in [0.2, 0.25) is 16.0 Å². The van der Waals surface area contributed by atoms with Crippen LogP contribution in [-0.4, -0.2) is 81.0 Å². The molecule has 0 amide bonds. The third-order valence-electron chi connectivity index (χ3n) is 7.31. The molecule has 0 bridgehead atoms. The summed E-state index contributed by atoms with van der Waals surface area (Å²) in [5.41, 5.74) is 1.43. The highest BCUT2D eigenvalue weighted by Gasteiger charge is 2.35. The van der Waals surface area contributed by atoms with Crippen molar-refractivity contribution in [3.8, 4) is 11.3 Å². The Labute approximate surface area is 230 Å². The number of halogens is 3. The van der Waals surface area contributed by atoms with Crippen molar-refractivity contribution in [3.63, 3.8) is 0 Å². The molecule has 0 aliphatic carbocycles. The van der Waals surface area contributed by atoms with E-state index in [1.54, 1.807) is 10.7 Å². The SMILES string of the molecule is CS(=O)(=O)N1CCc2c(c(-c3ccc(C(F)(F)F)c(CNc4ncccn4)c3)nn2CC(O)CN2CCCC2)C1. The van der Waals surface area contributed by atoms with Crippen LogP contribution in [-0.2, 0) is 42.3 Å². The van der Waals surface area contributed by atoms with E-state index >= 15 is 0 Å². The van der Waals surface area contributed by atoms with Crippen LogP contribution in [0.4, 0.5) is 19.1 Å². The molecule has 2 aromatic heterocycles. The van der Waals surface area contributed by atoms with E-state index < -0.39 is 27.9 Å². The third kappa shape index (κ3) is 6.45. The van der Waals surface area contributed by atoms with Gasteiger partial charge in [-0.3, -0.25) is 4.68 Å². The third-order valence-corrected chi connectivity index (χ3v) is 8.56. The highest BCUT2D eigenvalue weighted by atomic mass is 32.2. The Kier molecular flexibility index (Phi) is 8.13. The van der Waals surface area contributed by atoms with Crippen LogP contribution in [0.15, 0.2) is 36.7 Å². The number of aliphatic hydroxyl groups excluding tert-OH is 1. The number of β-amino-alcohol motifs (C(OH)–C–C–N with tert-alkyl or cyclic N) is 1. The molecule has 2 N–H and O–H groups in total. The zero-order chi connectivity index (χ0) is 28.5. The summed E-state index contributed by atoms with van der Waals surface area (Å²) in [7, 11) is -3.50. The number of benzene rings is 1. The van der Waals surface area contributed by atoms with Gasteiger partial charge in [0.05, 0.1) is 30.2 Å². The molecule has 4 heterocycles. The van der Waals surface area contributed by atoms with Crippen LogP contribution in [0.2, 0.25) is 0 Å². The fraction of sp³-hybridized carbons (Fsp3) is 0.500. The molecule has 5 rings (SSSR count). The van der Waals surface area contributed by atoms with Crippen LogP contribution in [0, 0.1) is 0 Å². The maximum absolute atomic E-state index is 13.9. The summed E-state index contributed by atoms with van der Waals surface area (Å²) in [4.78, 5) is 10.2. The van der Waals surface area contributed by atoms with E-state index in [9.17, 15) is 26.7 Å². The summed E-state index contributed by atoms with van der Waals surface area (Å²) in [6.07, 6.45) is 1.40. The number of likely N-dealkylation sites (tertiary alicyclic amines) is 1. The minimum Gasteiger partial charge on any atom is -0.390 e. The normalized spacial score (nSPS) is 17.6. The predicted molar refractivity (Wildman–Crippen MR) is 143 cm³/mol. The Morgan fingerprint density at radius 3 is 2.50 bits per heavy atom. The molecule has 2 aliphatic rings. The Balaban J connectivity index is 1.51. The van der Waals surface area contributed by atoms with E-state index in [1.165, 1.54) is 28.8 Å². The molecule has 1 atom stereocenters. The first kappa shape index (κ1) is 28.5. The predicted octanol–water partition coefficient (Wildman–Crippen LogP) is 2.75. The average molecular weight is 580 g/mol. The Bertz CT molecular complexity index is 1440. The molecular weight excluding hydrogens is 547 g/mol. The van der Waals surface area contributed by atoms with E-state index in [2.05, 4.69) is 20.2 Å². The molecule has 2 aliphatic heterocycles. The van der Waals surface area contributed by atoms with Gasteiger partial charge in [-0.1, -0.05) is 6.07 Å². The van der Waals surface area contributed by atoms with Gasteiger partial charge in [-0.15, -0.1) is 0 Å². The van der Waals surface area contributed by atoms with Crippen LogP contribution in [0.1, 0.15) is 35.2 Å². The smallest absolute Gasteiger partial charge is 0.390 e. The monoisotopic (exact) mass is 579 g/mol. The zero-order valence-corrected chi connectivity index (χ0v) is 22.9. The van der Waals surface area contributed by atoms with E-state index in [0.29, 0.717) is 29.8 Å². The van der Waals surface area contributed by atoms with Crippen molar-refractivity contribution < 1.29 is 26.7 Å². The highest BCUT2D eigenvalue weighted by Crippen LogP contribution is 2.37. The molecular formula is C26H32F3N7O3S. The number of hydrogen-bond acceptors (Lipinski definition) is 8. The van der Waals surface area contributed by atoms with Gasteiger partial charge in [-0.25, -0.2) is 18.4 Å². The van der Waals surface area contributed by atoms with Gasteiger partial charge < -0.3 is 15.3 Å². The van der Waals surface area contributed by atoms with Crippen LogP contribution in [0.5, 0.6) is 0 Å². The van der Waals surface area contributed by atoms with E-state index in [4.69, 9.17) is 5.10 Å². The van der Waals surface area contributed by atoms with Crippen molar-refractivity contribution in [2.75, 3.05) is 37.8 Å². The maximum atomic E-state index is 13.9. The van der Waals surface area contributed by atoms with Gasteiger partial charge in [-0.05, 0) is 49.7 Å². The summed E-state index contributed by atoms with van der Waals surface area (Å²) in [6, 6.07) is 5.40. The van der Waals surface area contributed by atoms with Crippen LogP contribution < -0.4 is 5.32 Å². The molecule has 40 heavy (non-hydrogen) atoms. The number of sulfonamides is 1. The molecule has 0 saturated carbocycles. The van der Waals surface area contributed by atoms with Crippen LogP contribution in [0.25, 0.3) is 11.3 Å². The van der Waals surface area contributed by atoms with E-state index in [0.717, 1.165) is 43.9 Å². The molecule has 0 radical (unpaired) electrons. The average Bonchev–Trinajstić information content (AvgIpc) is 3.54. The summed E-state index contributed by atoms with van der Waals surface area (Å²) in [5, 5.41) is 18.4. The minimum atomic E-state index is -4.58. The number of fused-ring (bicyclic) bond motifs is 1. The molecule has 0 spiro atoms. The summed E-state index contributed by atoms with van der Waals surface area (Å²) in [5.74, 6) is 0.193. The lowest BCUT2D eigenvalue weighted by atomic mass is 9.97. The molecule has 10 nitrogen and oxygen atoms in total. The fourth-order valence-electron chi connectivity index (χ4n) is 5.38. The van der Waals surface area contributed by atoms with Crippen molar-refractivity contribution in [1.29, 1.82) is 0 Å². The largest absolute Gasteiger partial charge is 0.416 e. The summed E-state index contributed by atoms with van der Waals surface area (Å²) >= 11 is 0. The lowest BCUT2D eigenvalue weighted by Crippen LogP contribution is -2.37. The second-order valence-electron chi connectivity index (χ2n) is 10.3. The topological polar surface area (TPSA) is 116 Å². The Hall–Kier alpha value is -3.07. The lowest BCUT2D eigenvalue weighted by molar-refractivity contribution is -0.138. The van der Waals surface area contributed by atoms with Crippen molar-refractivity contribution >= 4 is 16.0 Å². The summed E-state index contributed by atoms with van der Waals surface area (Å²) < 4.78 is 69.4. The van der Waals surface area contributed by atoms with E-state index in [1.807, 2.05) is 0 Å². The number of aliphatic hydroxyl groups is 1. The number of hydrogen-bond donors (Lipinski definition) is 2. The number of nitrogens with one attached hydrogen (secondary N) is 1. The number of aromatic nitrogens is 4. The van der Waals surface area contributed by atoms with Gasteiger partial charge >= 0.3 is 6.18 Å². The minimum absolute atomic E-state index is 0.0226. The Morgan fingerprint density at radius 2 is 1.82 bits per heavy atom. The Morgan fingerprint density at radius 1 is 1.10 bits per heavy atom. The molecule has 14 heteroatoms. The standard InChI is InChI=1S/C26H32F3N7O3S/c1-40(38,39)35-12-7-23-21(17-35)24(33-36(23)16-20(37)15-34-10-2-3-11-34)18-5-6-22(26(27,28)29)19(13-18)14-32-25-30-8-4-9-31-25/h4-6,8-9,13,20,37H,2-3,7,10-12,14-17H2,1H3,(H,30,31,32). The molecule has 1 aromatic carbocycles. The van der Waals surface area contributed by atoms with Crippen LogP contribution in [0.3, 0.4) is 0 Å². The van der Waals surface area contributed by atoms with Crippen molar-refractivity contribution in [2.45, 2.75) is 51.2 Å². The second kappa shape index (κ2) is 11.4. The first-order valence-corrected chi connectivity index (χ1v) is 15.0. The first-order chi connectivity index (χ1) is 19.0. The molecule has 1 fully saturated rings. The molecule has 1 saturated heterocycles. The van der Waals surface area contributed by atoms with Gasteiger partial charge in [-0.2, -0.15) is 22.6 Å². The number of nitrogens with zero attached hydrogens (tertiary/aromatic N) is 6. The van der Waals surface area contributed by atoms with Gasteiger partial charge in [0.25, 0.3) is 0 Å². The maximum Gasteiger partial charge on any atom is 0.416 e. The highest BCUT2D eigenvalue weighted by molar-refractivity contribution is 7.88. The van der Waals surface area contributed by atoms with Gasteiger partial charge in [0.1, 0.15) is 0 Å². The van der Waals surface area contributed by atoms with Crippen molar-refractivity contribution in [1.82, 2.24) is 29.0 Å². The molecule has 216 valence electrons. The molecule has 1 unspecified atom stereocenters. The second-order valence-corrected chi connectivity index (χ2v) is 12.2. The number of rotatable bonds is 9.